The minimum Gasteiger partial charge on any atom is -0.484 e. The summed E-state index contributed by atoms with van der Waals surface area (Å²) >= 11 is 0. The second-order valence-electron chi connectivity index (χ2n) is 7.58. The fraction of sp³-hybridized carbons (Fsp3) is 0.154. The maximum absolute atomic E-state index is 12.7. The van der Waals surface area contributed by atoms with Gasteiger partial charge in [0.05, 0.1) is 0 Å². The maximum Gasteiger partial charge on any atom is 0.257 e. The number of hydrogen-bond donors (Lipinski definition) is 2. The van der Waals surface area contributed by atoms with Crippen molar-refractivity contribution in [2.24, 2.45) is 0 Å². The molecule has 0 unspecified atom stereocenters. The third-order valence-electron chi connectivity index (χ3n) is 4.95. The molecule has 8 heteroatoms. The second-order valence-corrected chi connectivity index (χ2v) is 7.58. The molecule has 4 rings (SSSR count). The van der Waals surface area contributed by atoms with E-state index in [2.05, 4.69) is 20.8 Å². The van der Waals surface area contributed by atoms with Gasteiger partial charge in [0.2, 0.25) is 11.8 Å². The first-order valence-electron chi connectivity index (χ1n) is 10.8. The molecule has 0 bridgehead atoms. The molecule has 4 aromatic rings. The van der Waals surface area contributed by atoms with E-state index in [-0.39, 0.29) is 18.4 Å². The Morgan fingerprint density at radius 3 is 2.21 bits per heavy atom. The third-order valence-corrected chi connectivity index (χ3v) is 4.95. The average molecular weight is 457 g/mol. The van der Waals surface area contributed by atoms with Gasteiger partial charge in [-0.3, -0.25) is 9.59 Å². The fourth-order valence-electron chi connectivity index (χ4n) is 3.18. The largest absolute Gasteiger partial charge is 0.484 e. The lowest BCUT2D eigenvalue weighted by molar-refractivity contribution is -0.122. The molecular weight excluding hydrogens is 432 g/mol. The fourth-order valence-corrected chi connectivity index (χ4v) is 3.18. The van der Waals surface area contributed by atoms with E-state index in [9.17, 15) is 9.59 Å². The van der Waals surface area contributed by atoms with Crippen LogP contribution < -0.4 is 15.4 Å². The van der Waals surface area contributed by atoms with Crippen LogP contribution in [0.5, 0.6) is 5.75 Å². The van der Waals surface area contributed by atoms with E-state index in [1.807, 2.05) is 38.1 Å². The second kappa shape index (κ2) is 10.4. The SMILES string of the molecule is CCNC(=O)COc1cccc(NC(=O)c2ccc(-c3nnc(-c4ccc(C)cc4)o3)cc2)c1. The Morgan fingerprint density at radius 1 is 0.912 bits per heavy atom. The highest BCUT2D eigenvalue weighted by molar-refractivity contribution is 6.04. The number of benzene rings is 3. The van der Waals surface area contributed by atoms with Crippen molar-refractivity contribution < 1.29 is 18.7 Å². The smallest absolute Gasteiger partial charge is 0.257 e. The topological polar surface area (TPSA) is 106 Å². The van der Waals surface area contributed by atoms with Crippen molar-refractivity contribution in [3.05, 3.63) is 83.9 Å². The van der Waals surface area contributed by atoms with Gasteiger partial charge in [-0.25, -0.2) is 0 Å². The van der Waals surface area contributed by atoms with Gasteiger partial charge in [0, 0.05) is 35.0 Å². The molecule has 3 aromatic carbocycles. The van der Waals surface area contributed by atoms with Crippen LogP contribution >= 0.6 is 0 Å². The summed E-state index contributed by atoms with van der Waals surface area (Å²) < 4.78 is 11.3. The molecule has 1 aromatic heterocycles. The highest BCUT2D eigenvalue weighted by Gasteiger charge is 2.12. The first-order chi connectivity index (χ1) is 16.5. The van der Waals surface area contributed by atoms with Gasteiger partial charge in [0.15, 0.2) is 6.61 Å². The van der Waals surface area contributed by atoms with Gasteiger partial charge in [-0.1, -0.05) is 23.8 Å². The van der Waals surface area contributed by atoms with E-state index in [1.54, 1.807) is 48.5 Å². The minimum absolute atomic E-state index is 0.0893. The summed E-state index contributed by atoms with van der Waals surface area (Å²) in [5.74, 6) is 0.813. The number of ether oxygens (including phenoxy) is 1. The highest BCUT2D eigenvalue weighted by Crippen LogP contribution is 2.25. The van der Waals surface area contributed by atoms with Crippen molar-refractivity contribution in [2.45, 2.75) is 13.8 Å². The van der Waals surface area contributed by atoms with Crippen molar-refractivity contribution in [3.63, 3.8) is 0 Å². The summed E-state index contributed by atoms with van der Waals surface area (Å²) in [7, 11) is 0. The van der Waals surface area contributed by atoms with Gasteiger partial charge in [-0.2, -0.15) is 0 Å². The van der Waals surface area contributed by atoms with Crippen LogP contribution in [0.15, 0.2) is 77.2 Å². The van der Waals surface area contributed by atoms with Crippen LogP contribution in [0.4, 0.5) is 5.69 Å². The Hall–Kier alpha value is -4.46. The summed E-state index contributed by atoms with van der Waals surface area (Å²) in [6, 6.07) is 21.6. The van der Waals surface area contributed by atoms with E-state index in [0.29, 0.717) is 40.9 Å². The summed E-state index contributed by atoms with van der Waals surface area (Å²) in [6.07, 6.45) is 0. The molecule has 34 heavy (non-hydrogen) atoms. The lowest BCUT2D eigenvalue weighted by Crippen LogP contribution is -2.28. The number of carbonyl (C=O) groups is 2. The molecule has 2 amide bonds. The number of nitrogens with zero attached hydrogens (tertiary/aromatic N) is 2. The van der Waals surface area contributed by atoms with Gasteiger partial charge in [-0.05, 0) is 62.4 Å². The number of carbonyl (C=O) groups excluding carboxylic acids is 2. The number of amides is 2. The highest BCUT2D eigenvalue weighted by atomic mass is 16.5. The molecule has 0 saturated carbocycles. The molecule has 0 aliphatic rings. The molecule has 172 valence electrons. The summed E-state index contributed by atoms with van der Waals surface area (Å²) in [5.41, 5.74) is 3.73. The predicted octanol–water partition coefficient (Wildman–Crippen LogP) is 4.48. The lowest BCUT2D eigenvalue weighted by Gasteiger charge is -2.09. The van der Waals surface area contributed by atoms with Gasteiger partial charge in [-0.15, -0.1) is 10.2 Å². The van der Waals surface area contributed by atoms with Crippen LogP contribution in [-0.4, -0.2) is 35.2 Å². The molecule has 0 atom stereocenters. The van der Waals surface area contributed by atoms with Crippen LogP contribution in [0, 0.1) is 6.92 Å². The van der Waals surface area contributed by atoms with Crippen molar-refractivity contribution in [1.82, 2.24) is 15.5 Å². The third kappa shape index (κ3) is 5.66. The number of anilines is 1. The Labute approximate surface area is 197 Å². The maximum atomic E-state index is 12.7. The molecular formula is C26H24N4O4. The van der Waals surface area contributed by atoms with E-state index >= 15 is 0 Å². The summed E-state index contributed by atoms with van der Waals surface area (Å²) in [4.78, 5) is 24.2. The zero-order valence-corrected chi connectivity index (χ0v) is 18.9. The van der Waals surface area contributed by atoms with Crippen molar-refractivity contribution in [2.75, 3.05) is 18.5 Å². The number of likely N-dealkylation sites (N-methyl/N-ethyl adjacent to an activating group) is 1. The zero-order chi connectivity index (χ0) is 23.9. The monoisotopic (exact) mass is 456 g/mol. The Morgan fingerprint density at radius 2 is 1.56 bits per heavy atom. The molecule has 1 heterocycles. The number of aryl methyl sites for hydroxylation is 1. The number of hydrogen-bond acceptors (Lipinski definition) is 6. The standard InChI is InChI=1S/C26H24N4O4/c1-3-27-23(31)16-33-22-6-4-5-21(15-22)28-24(32)18-11-13-20(14-12-18)26-30-29-25(34-26)19-9-7-17(2)8-10-19/h4-15H,3,16H2,1-2H3,(H,27,31)(H,28,32). The van der Waals surface area contributed by atoms with Crippen LogP contribution in [-0.2, 0) is 4.79 Å². The van der Waals surface area contributed by atoms with E-state index in [0.717, 1.165) is 11.1 Å². The van der Waals surface area contributed by atoms with E-state index < -0.39 is 0 Å². The van der Waals surface area contributed by atoms with Crippen LogP contribution in [0.3, 0.4) is 0 Å². The van der Waals surface area contributed by atoms with Gasteiger partial charge in [0.1, 0.15) is 5.75 Å². The minimum atomic E-state index is -0.279. The molecule has 2 N–H and O–H groups in total. The van der Waals surface area contributed by atoms with Gasteiger partial charge < -0.3 is 19.8 Å². The number of nitrogens with one attached hydrogen (secondary N) is 2. The first kappa shape index (κ1) is 22.7. The van der Waals surface area contributed by atoms with Crippen molar-refractivity contribution in [3.8, 4) is 28.7 Å². The molecule has 0 aliphatic heterocycles. The van der Waals surface area contributed by atoms with Crippen LogP contribution in [0.25, 0.3) is 22.9 Å². The number of aromatic nitrogens is 2. The molecule has 0 radical (unpaired) electrons. The van der Waals surface area contributed by atoms with E-state index in [1.165, 1.54) is 0 Å². The normalized spacial score (nSPS) is 10.5. The van der Waals surface area contributed by atoms with Crippen molar-refractivity contribution in [1.29, 1.82) is 0 Å². The quantitative estimate of drug-likeness (QED) is 0.405. The Balaban J connectivity index is 1.40. The summed E-state index contributed by atoms with van der Waals surface area (Å²) in [5, 5.41) is 13.7. The summed E-state index contributed by atoms with van der Waals surface area (Å²) in [6.45, 7) is 4.30. The van der Waals surface area contributed by atoms with Gasteiger partial charge >= 0.3 is 0 Å². The molecule has 8 nitrogen and oxygen atoms in total. The molecule has 0 saturated heterocycles. The average Bonchev–Trinajstić information content (AvgIpc) is 3.34. The van der Waals surface area contributed by atoms with Crippen molar-refractivity contribution >= 4 is 17.5 Å². The predicted molar refractivity (Wildman–Crippen MR) is 128 cm³/mol. The van der Waals surface area contributed by atoms with E-state index in [4.69, 9.17) is 9.15 Å². The van der Waals surface area contributed by atoms with Crippen LogP contribution in [0.1, 0.15) is 22.8 Å². The van der Waals surface area contributed by atoms with Gasteiger partial charge in [0.25, 0.3) is 11.8 Å². The number of rotatable bonds is 8. The molecule has 0 aliphatic carbocycles. The van der Waals surface area contributed by atoms with Crippen LogP contribution in [0.2, 0.25) is 0 Å². The molecule has 0 spiro atoms. The first-order valence-corrected chi connectivity index (χ1v) is 10.8. The zero-order valence-electron chi connectivity index (χ0n) is 18.9. The lowest BCUT2D eigenvalue weighted by atomic mass is 10.1. The Kier molecular flexibility index (Phi) is 6.98. The Bertz CT molecular complexity index is 1280. The molecule has 0 fully saturated rings.